The van der Waals surface area contributed by atoms with E-state index in [4.69, 9.17) is 9.47 Å². The number of nitrogens with one attached hydrogen (secondary N) is 3. The highest BCUT2D eigenvalue weighted by atomic mass is 16.5. The van der Waals surface area contributed by atoms with Crippen LogP contribution in [0.2, 0.25) is 0 Å². The first-order valence-corrected chi connectivity index (χ1v) is 9.17. The summed E-state index contributed by atoms with van der Waals surface area (Å²) < 4.78 is 10.7. The molecule has 1 aliphatic rings. The summed E-state index contributed by atoms with van der Waals surface area (Å²) in [6.07, 6.45) is 1.47. The van der Waals surface area contributed by atoms with Crippen LogP contribution in [-0.4, -0.2) is 32.7 Å². The van der Waals surface area contributed by atoms with Crippen LogP contribution in [-0.2, 0) is 11.2 Å². The van der Waals surface area contributed by atoms with Gasteiger partial charge < -0.3 is 14.8 Å². The lowest BCUT2D eigenvalue weighted by molar-refractivity contribution is -0.122. The Labute approximate surface area is 160 Å². The average molecular weight is 369 g/mol. The van der Waals surface area contributed by atoms with Crippen molar-refractivity contribution < 1.29 is 14.3 Å². The van der Waals surface area contributed by atoms with E-state index in [-0.39, 0.29) is 18.0 Å². The molecule has 6 nitrogen and oxygen atoms in total. The van der Waals surface area contributed by atoms with Crippen molar-refractivity contribution in [3.63, 3.8) is 0 Å². The maximum atomic E-state index is 12.5. The number of hydrazine groups is 1. The molecule has 2 unspecified atom stereocenters. The first kappa shape index (κ1) is 19.2. The minimum absolute atomic E-state index is 0.00150. The normalized spacial score (nSPS) is 18.9. The zero-order chi connectivity index (χ0) is 19.2. The van der Waals surface area contributed by atoms with Gasteiger partial charge in [0.25, 0.3) is 0 Å². The first-order valence-electron chi connectivity index (χ1n) is 9.17. The smallest absolute Gasteiger partial charge is 0.238 e. The van der Waals surface area contributed by atoms with Crippen LogP contribution in [0.25, 0.3) is 0 Å². The van der Waals surface area contributed by atoms with Gasteiger partial charge in [-0.1, -0.05) is 35.9 Å². The predicted molar refractivity (Wildman–Crippen MR) is 105 cm³/mol. The molecule has 0 radical (unpaired) electrons. The molecule has 27 heavy (non-hydrogen) atoms. The zero-order valence-electron chi connectivity index (χ0n) is 16.0. The minimum Gasteiger partial charge on any atom is -0.497 e. The summed E-state index contributed by atoms with van der Waals surface area (Å²) >= 11 is 0. The molecular formula is C21H27N3O3. The third-order valence-electron chi connectivity index (χ3n) is 4.83. The van der Waals surface area contributed by atoms with E-state index in [0.29, 0.717) is 13.0 Å². The number of benzene rings is 2. The molecule has 0 saturated carbocycles. The average Bonchev–Trinajstić information content (AvgIpc) is 3.17. The lowest BCUT2D eigenvalue weighted by Crippen LogP contribution is -2.43. The summed E-state index contributed by atoms with van der Waals surface area (Å²) in [5.74, 6) is 1.49. The number of hydrogen-bond acceptors (Lipinski definition) is 5. The lowest BCUT2D eigenvalue weighted by Gasteiger charge is -2.15. The molecule has 1 fully saturated rings. The number of hydrogen-bond donors (Lipinski definition) is 3. The van der Waals surface area contributed by atoms with Crippen LogP contribution in [0.5, 0.6) is 11.5 Å². The quantitative estimate of drug-likeness (QED) is 0.698. The van der Waals surface area contributed by atoms with Crippen LogP contribution in [0.4, 0.5) is 0 Å². The van der Waals surface area contributed by atoms with Crippen molar-refractivity contribution in [2.45, 2.75) is 31.8 Å². The molecule has 1 amide bonds. The van der Waals surface area contributed by atoms with Crippen molar-refractivity contribution in [1.29, 1.82) is 0 Å². The standard InChI is InChI=1S/C21H27N3O3/c1-14-5-4-6-15(11-14)9-10-22-21(25)19-13-18(23-24-19)17-8-7-16(26-2)12-20(17)27-3/h4-8,11-12,18-19,23-24H,9-10,13H2,1-3H3,(H,22,25). The van der Waals surface area contributed by atoms with E-state index < -0.39 is 0 Å². The fourth-order valence-corrected chi connectivity index (χ4v) is 3.36. The predicted octanol–water partition coefficient (Wildman–Crippen LogP) is 2.28. The van der Waals surface area contributed by atoms with Crippen molar-refractivity contribution in [2.75, 3.05) is 20.8 Å². The summed E-state index contributed by atoms with van der Waals surface area (Å²) in [5.41, 5.74) is 9.76. The number of methoxy groups -OCH3 is 2. The maximum Gasteiger partial charge on any atom is 0.238 e. The molecule has 0 bridgehead atoms. The van der Waals surface area contributed by atoms with Crippen LogP contribution in [0, 0.1) is 6.92 Å². The second-order valence-electron chi connectivity index (χ2n) is 6.77. The van der Waals surface area contributed by atoms with Gasteiger partial charge in [-0.25, -0.2) is 10.9 Å². The Hall–Kier alpha value is -2.57. The van der Waals surface area contributed by atoms with Crippen LogP contribution < -0.4 is 25.6 Å². The number of carbonyl (C=O) groups excluding carboxylic acids is 1. The van der Waals surface area contributed by atoms with Crippen LogP contribution in [0.15, 0.2) is 42.5 Å². The van der Waals surface area contributed by atoms with E-state index in [1.54, 1.807) is 14.2 Å². The molecule has 1 saturated heterocycles. The monoisotopic (exact) mass is 369 g/mol. The Balaban J connectivity index is 1.53. The van der Waals surface area contributed by atoms with Crippen LogP contribution in [0.3, 0.4) is 0 Å². The molecule has 1 heterocycles. The van der Waals surface area contributed by atoms with E-state index in [1.165, 1.54) is 11.1 Å². The fourth-order valence-electron chi connectivity index (χ4n) is 3.36. The third kappa shape index (κ3) is 4.78. The minimum atomic E-state index is -0.278. The summed E-state index contributed by atoms with van der Waals surface area (Å²) in [5, 5.41) is 3.02. The molecular weight excluding hydrogens is 342 g/mol. The Bertz CT molecular complexity index is 794. The van der Waals surface area contributed by atoms with E-state index in [1.807, 2.05) is 24.3 Å². The Morgan fingerprint density at radius 1 is 1.15 bits per heavy atom. The van der Waals surface area contributed by atoms with Gasteiger partial charge in [-0.05, 0) is 31.4 Å². The first-order chi connectivity index (χ1) is 13.1. The highest BCUT2D eigenvalue weighted by Crippen LogP contribution is 2.33. The van der Waals surface area contributed by atoms with Crippen LogP contribution >= 0.6 is 0 Å². The summed E-state index contributed by atoms with van der Waals surface area (Å²) in [6, 6.07) is 13.8. The maximum absolute atomic E-state index is 12.5. The number of carbonyl (C=O) groups is 1. The van der Waals surface area contributed by atoms with E-state index in [0.717, 1.165) is 23.5 Å². The van der Waals surface area contributed by atoms with Gasteiger partial charge in [0, 0.05) is 18.2 Å². The van der Waals surface area contributed by atoms with Crippen molar-refractivity contribution >= 4 is 5.91 Å². The Morgan fingerprint density at radius 3 is 2.74 bits per heavy atom. The molecule has 0 aliphatic carbocycles. The van der Waals surface area contributed by atoms with Gasteiger partial charge in [0.05, 0.1) is 20.3 Å². The van der Waals surface area contributed by atoms with Gasteiger partial charge in [0.15, 0.2) is 0 Å². The molecule has 6 heteroatoms. The largest absolute Gasteiger partial charge is 0.497 e. The summed E-state index contributed by atoms with van der Waals surface area (Å²) in [6.45, 7) is 2.70. The molecule has 1 aliphatic heterocycles. The molecule has 144 valence electrons. The number of aryl methyl sites for hydroxylation is 1. The molecule has 3 N–H and O–H groups in total. The Morgan fingerprint density at radius 2 is 2.00 bits per heavy atom. The van der Waals surface area contributed by atoms with Gasteiger partial charge in [-0.15, -0.1) is 0 Å². The number of rotatable bonds is 7. The second kappa shape index (κ2) is 8.88. The molecule has 3 rings (SSSR count). The van der Waals surface area contributed by atoms with Crippen molar-refractivity contribution in [2.24, 2.45) is 0 Å². The topological polar surface area (TPSA) is 71.6 Å². The van der Waals surface area contributed by atoms with E-state index in [2.05, 4.69) is 41.3 Å². The fraction of sp³-hybridized carbons (Fsp3) is 0.381. The van der Waals surface area contributed by atoms with Crippen molar-refractivity contribution in [1.82, 2.24) is 16.2 Å². The van der Waals surface area contributed by atoms with Crippen molar-refractivity contribution in [3.05, 3.63) is 59.2 Å². The van der Waals surface area contributed by atoms with Gasteiger partial charge in [-0.2, -0.15) is 0 Å². The van der Waals surface area contributed by atoms with E-state index >= 15 is 0 Å². The highest BCUT2D eigenvalue weighted by Gasteiger charge is 2.31. The van der Waals surface area contributed by atoms with E-state index in [9.17, 15) is 4.79 Å². The SMILES string of the molecule is COc1ccc(C2CC(C(=O)NCCc3cccc(C)c3)NN2)c(OC)c1. The molecule has 2 atom stereocenters. The molecule has 2 aromatic rings. The summed E-state index contributed by atoms with van der Waals surface area (Å²) in [4.78, 5) is 12.5. The Kier molecular flexibility index (Phi) is 6.32. The number of amides is 1. The molecule has 0 spiro atoms. The molecule has 0 aromatic heterocycles. The third-order valence-corrected chi connectivity index (χ3v) is 4.83. The van der Waals surface area contributed by atoms with Gasteiger partial charge in [0.2, 0.25) is 5.91 Å². The second-order valence-corrected chi connectivity index (χ2v) is 6.77. The summed E-state index contributed by atoms with van der Waals surface area (Å²) in [7, 11) is 3.26. The highest BCUT2D eigenvalue weighted by molar-refractivity contribution is 5.82. The van der Waals surface area contributed by atoms with Gasteiger partial charge in [-0.3, -0.25) is 4.79 Å². The van der Waals surface area contributed by atoms with Gasteiger partial charge >= 0.3 is 0 Å². The van der Waals surface area contributed by atoms with Crippen LogP contribution in [0.1, 0.15) is 29.2 Å². The van der Waals surface area contributed by atoms with Gasteiger partial charge in [0.1, 0.15) is 17.5 Å². The van der Waals surface area contributed by atoms with Crippen molar-refractivity contribution in [3.8, 4) is 11.5 Å². The lowest BCUT2D eigenvalue weighted by atomic mass is 10.0. The molecule has 2 aromatic carbocycles. The number of ether oxygens (including phenoxy) is 2. The zero-order valence-corrected chi connectivity index (χ0v) is 16.0.